The first kappa shape index (κ1) is 18.7. The maximum Gasteiger partial charge on any atom is 0.256 e. The van der Waals surface area contributed by atoms with E-state index in [0.717, 1.165) is 11.3 Å². The number of nitrogens with one attached hydrogen (secondary N) is 1. The van der Waals surface area contributed by atoms with Crippen molar-refractivity contribution in [3.8, 4) is 11.6 Å². The molecule has 0 radical (unpaired) electrons. The molecule has 1 N–H and O–H groups in total. The lowest BCUT2D eigenvalue weighted by Gasteiger charge is -2.25. The fourth-order valence-corrected chi connectivity index (χ4v) is 2.55. The number of aromatic nitrogens is 1. The van der Waals surface area contributed by atoms with Crippen LogP contribution in [-0.4, -0.2) is 50.1 Å². The van der Waals surface area contributed by atoms with Crippen molar-refractivity contribution >= 4 is 5.91 Å². The van der Waals surface area contributed by atoms with Gasteiger partial charge in [-0.15, -0.1) is 0 Å². The second kappa shape index (κ2) is 9.03. The van der Waals surface area contributed by atoms with Gasteiger partial charge in [0.2, 0.25) is 5.88 Å². The van der Waals surface area contributed by atoms with E-state index in [1.165, 1.54) is 0 Å². The molecular formula is C19H25N3O3. The molecule has 1 heterocycles. The van der Waals surface area contributed by atoms with Crippen LogP contribution in [0.4, 0.5) is 0 Å². The van der Waals surface area contributed by atoms with Gasteiger partial charge in [0.15, 0.2) is 0 Å². The Morgan fingerprint density at radius 3 is 2.76 bits per heavy atom. The van der Waals surface area contributed by atoms with Gasteiger partial charge in [-0.25, -0.2) is 4.98 Å². The summed E-state index contributed by atoms with van der Waals surface area (Å²) in [5, 5.41) is 2.97. The number of amides is 1. The van der Waals surface area contributed by atoms with Gasteiger partial charge in [0.25, 0.3) is 5.91 Å². The molecule has 0 spiro atoms. The van der Waals surface area contributed by atoms with Crippen LogP contribution in [0.5, 0.6) is 11.6 Å². The Balaban J connectivity index is 2.12. The minimum atomic E-state index is -0.203. The molecule has 0 bridgehead atoms. The third-order valence-corrected chi connectivity index (χ3v) is 3.85. The van der Waals surface area contributed by atoms with Crippen LogP contribution in [0, 0.1) is 0 Å². The Kier molecular flexibility index (Phi) is 6.77. The van der Waals surface area contributed by atoms with Crippen LogP contribution in [0.2, 0.25) is 0 Å². The maximum absolute atomic E-state index is 12.5. The summed E-state index contributed by atoms with van der Waals surface area (Å²) in [5.41, 5.74) is 1.51. The third kappa shape index (κ3) is 4.93. The molecule has 25 heavy (non-hydrogen) atoms. The Morgan fingerprint density at radius 2 is 2.08 bits per heavy atom. The molecule has 1 aromatic carbocycles. The lowest BCUT2D eigenvalue weighted by atomic mass is 10.1. The van der Waals surface area contributed by atoms with E-state index in [0.29, 0.717) is 24.6 Å². The molecule has 0 saturated carbocycles. The fourth-order valence-electron chi connectivity index (χ4n) is 2.55. The Bertz CT molecular complexity index is 704. The average molecular weight is 343 g/mol. The second-order valence-corrected chi connectivity index (χ2v) is 5.76. The number of hydrogen-bond acceptors (Lipinski definition) is 5. The van der Waals surface area contributed by atoms with Gasteiger partial charge in [-0.05, 0) is 50.8 Å². The highest BCUT2D eigenvalue weighted by atomic mass is 16.5. The molecule has 0 fully saturated rings. The van der Waals surface area contributed by atoms with E-state index in [2.05, 4.69) is 15.2 Å². The highest BCUT2D eigenvalue weighted by molar-refractivity contribution is 5.96. The van der Waals surface area contributed by atoms with E-state index >= 15 is 0 Å². The number of carbonyl (C=O) groups excluding carboxylic acids is 1. The molecule has 1 unspecified atom stereocenters. The maximum atomic E-state index is 12.5. The van der Waals surface area contributed by atoms with Crippen LogP contribution in [0.1, 0.15) is 28.9 Å². The Morgan fingerprint density at radius 1 is 1.28 bits per heavy atom. The number of carbonyl (C=O) groups is 1. The molecule has 0 aliphatic heterocycles. The van der Waals surface area contributed by atoms with Gasteiger partial charge >= 0.3 is 0 Å². The summed E-state index contributed by atoms with van der Waals surface area (Å²) in [4.78, 5) is 18.7. The van der Waals surface area contributed by atoms with Crippen molar-refractivity contribution in [2.24, 2.45) is 0 Å². The van der Waals surface area contributed by atoms with E-state index in [-0.39, 0.29) is 11.9 Å². The molecule has 2 rings (SSSR count). The second-order valence-electron chi connectivity index (χ2n) is 5.76. The first-order valence-corrected chi connectivity index (χ1v) is 8.23. The normalized spacial score (nSPS) is 11.9. The van der Waals surface area contributed by atoms with E-state index in [9.17, 15) is 4.79 Å². The van der Waals surface area contributed by atoms with Crippen LogP contribution in [0.25, 0.3) is 0 Å². The van der Waals surface area contributed by atoms with Crippen molar-refractivity contribution in [1.82, 2.24) is 15.2 Å². The largest absolute Gasteiger partial charge is 0.497 e. The Hall–Kier alpha value is -2.60. The van der Waals surface area contributed by atoms with Crippen LogP contribution >= 0.6 is 0 Å². The van der Waals surface area contributed by atoms with E-state index in [1.807, 2.05) is 45.3 Å². The summed E-state index contributed by atoms with van der Waals surface area (Å²) in [7, 11) is 5.60. The minimum absolute atomic E-state index is 0.0197. The Labute approximate surface area is 148 Å². The minimum Gasteiger partial charge on any atom is -0.497 e. The van der Waals surface area contributed by atoms with Crippen molar-refractivity contribution in [2.45, 2.75) is 13.0 Å². The van der Waals surface area contributed by atoms with Crippen LogP contribution < -0.4 is 14.8 Å². The molecule has 2 aromatic rings. The van der Waals surface area contributed by atoms with E-state index in [4.69, 9.17) is 9.47 Å². The highest BCUT2D eigenvalue weighted by Gasteiger charge is 2.18. The third-order valence-electron chi connectivity index (χ3n) is 3.85. The summed E-state index contributed by atoms with van der Waals surface area (Å²) >= 11 is 0. The van der Waals surface area contributed by atoms with Crippen LogP contribution in [0.3, 0.4) is 0 Å². The monoisotopic (exact) mass is 343 g/mol. The van der Waals surface area contributed by atoms with Crippen molar-refractivity contribution in [2.75, 3.05) is 34.4 Å². The molecule has 0 saturated heterocycles. The van der Waals surface area contributed by atoms with Gasteiger partial charge < -0.3 is 19.7 Å². The molecule has 0 aliphatic rings. The average Bonchev–Trinajstić information content (AvgIpc) is 2.62. The molecule has 1 aromatic heterocycles. The summed E-state index contributed by atoms with van der Waals surface area (Å²) in [6.07, 6.45) is 1.61. The van der Waals surface area contributed by atoms with Crippen molar-refractivity contribution < 1.29 is 14.3 Å². The molecule has 0 aliphatic carbocycles. The SMILES string of the molecule is CCOc1ncccc1C(=O)NCC(c1cccc(OC)c1)N(C)C. The van der Waals surface area contributed by atoms with E-state index in [1.54, 1.807) is 25.4 Å². The van der Waals surface area contributed by atoms with Crippen LogP contribution in [-0.2, 0) is 0 Å². The fraction of sp³-hybridized carbons (Fsp3) is 0.368. The van der Waals surface area contributed by atoms with Crippen molar-refractivity contribution in [1.29, 1.82) is 0 Å². The van der Waals surface area contributed by atoms with Crippen molar-refractivity contribution in [3.05, 3.63) is 53.7 Å². The molecular weight excluding hydrogens is 318 g/mol. The first-order valence-electron chi connectivity index (χ1n) is 8.23. The molecule has 1 amide bonds. The standard InChI is InChI=1S/C19H25N3O3/c1-5-25-19-16(10-7-11-20-19)18(23)21-13-17(22(2)3)14-8-6-9-15(12-14)24-4/h6-12,17H,5,13H2,1-4H3,(H,21,23). The molecule has 134 valence electrons. The zero-order chi connectivity index (χ0) is 18.2. The van der Waals surface area contributed by atoms with E-state index < -0.39 is 0 Å². The molecule has 1 atom stereocenters. The number of rotatable bonds is 8. The van der Waals surface area contributed by atoms with Gasteiger partial charge in [-0.3, -0.25) is 4.79 Å². The van der Waals surface area contributed by atoms with Gasteiger partial charge in [0.1, 0.15) is 11.3 Å². The zero-order valence-corrected chi connectivity index (χ0v) is 15.2. The summed E-state index contributed by atoms with van der Waals surface area (Å²) in [6.45, 7) is 2.78. The van der Waals surface area contributed by atoms with Crippen molar-refractivity contribution in [3.63, 3.8) is 0 Å². The molecule has 6 heteroatoms. The topological polar surface area (TPSA) is 63.7 Å². The predicted octanol–water partition coefficient (Wildman–Crippen LogP) is 2.52. The summed E-state index contributed by atoms with van der Waals surface area (Å²) in [5.74, 6) is 0.943. The zero-order valence-electron chi connectivity index (χ0n) is 15.2. The van der Waals surface area contributed by atoms with Gasteiger partial charge in [0.05, 0.1) is 19.8 Å². The lowest BCUT2D eigenvalue weighted by Crippen LogP contribution is -2.34. The number of methoxy groups -OCH3 is 1. The van der Waals surface area contributed by atoms with Gasteiger partial charge in [-0.1, -0.05) is 12.1 Å². The number of benzene rings is 1. The number of ether oxygens (including phenoxy) is 2. The highest BCUT2D eigenvalue weighted by Crippen LogP contribution is 2.22. The van der Waals surface area contributed by atoms with Crippen LogP contribution in [0.15, 0.2) is 42.6 Å². The summed E-state index contributed by atoms with van der Waals surface area (Å²) < 4.78 is 10.7. The summed E-state index contributed by atoms with van der Waals surface area (Å²) in [6, 6.07) is 11.3. The lowest BCUT2D eigenvalue weighted by molar-refractivity contribution is 0.0937. The number of pyridine rings is 1. The smallest absolute Gasteiger partial charge is 0.256 e. The van der Waals surface area contributed by atoms with Gasteiger partial charge in [0, 0.05) is 12.7 Å². The number of likely N-dealkylation sites (N-methyl/N-ethyl adjacent to an activating group) is 1. The number of nitrogens with zero attached hydrogens (tertiary/aromatic N) is 2. The number of hydrogen-bond donors (Lipinski definition) is 1. The predicted molar refractivity (Wildman–Crippen MR) is 97.2 cm³/mol. The molecule has 6 nitrogen and oxygen atoms in total. The first-order chi connectivity index (χ1) is 12.1. The quantitative estimate of drug-likeness (QED) is 0.798. The van der Waals surface area contributed by atoms with Gasteiger partial charge in [-0.2, -0.15) is 0 Å².